The Balaban J connectivity index is 1.83. The van der Waals surface area contributed by atoms with Crippen LogP contribution in [0.3, 0.4) is 0 Å². The lowest BCUT2D eigenvalue weighted by Crippen LogP contribution is -2.45. The summed E-state index contributed by atoms with van der Waals surface area (Å²) in [5.74, 6) is -0.157. The van der Waals surface area contributed by atoms with Crippen molar-refractivity contribution in [1.29, 1.82) is 0 Å². The molecule has 0 atom stereocenters. The highest BCUT2D eigenvalue weighted by atomic mass is 35.5. The predicted molar refractivity (Wildman–Crippen MR) is 92.3 cm³/mol. The van der Waals surface area contributed by atoms with Gasteiger partial charge >= 0.3 is 0 Å². The first-order valence-electron chi connectivity index (χ1n) is 7.93. The summed E-state index contributed by atoms with van der Waals surface area (Å²) < 4.78 is 0. The zero-order valence-electron chi connectivity index (χ0n) is 13.2. The van der Waals surface area contributed by atoms with Gasteiger partial charge in [-0.15, -0.1) is 0 Å². The Morgan fingerprint density at radius 2 is 1.96 bits per heavy atom. The van der Waals surface area contributed by atoms with Crippen LogP contribution in [0.2, 0.25) is 5.02 Å². The Morgan fingerprint density at radius 1 is 1.17 bits per heavy atom. The third kappa shape index (κ3) is 3.89. The number of hydrazine groups is 1. The third-order valence-electron chi connectivity index (χ3n) is 4.04. The van der Waals surface area contributed by atoms with Crippen LogP contribution in [0.1, 0.15) is 35.3 Å². The van der Waals surface area contributed by atoms with E-state index < -0.39 is 0 Å². The molecule has 1 aliphatic heterocycles. The van der Waals surface area contributed by atoms with Crippen LogP contribution in [0.25, 0.3) is 11.3 Å². The van der Waals surface area contributed by atoms with Crippen LogP contribution in [0, 0.1) is 6.92 Å². The standard InChI is InChI=1S/C18H20ClN3O/c1-13-8-9-16(18(23)21-22-10-3-2-4-11-22)20-17(13)14-6-5-7-15(19)12-14/h5-9,12H,2-4,10-11H2,1H3,(H,21,23). The minimum absolute atomic E-state index is 0.157. The first-order chi connectivity index (χ1) is 11.1. The number of carbonyl (C=O) groups excluding carboxylic acids is 1. The van der Waals surface area contributed by atoms with Crippen LogP contribution in [-0.4, -0.2) is 29.0 Å². The Labute approximate surface area is 141 Å². The lowest BCUT2D eigenvalue weighted by molar-refractivity contribution is 0.0745. The van der Waals surface area contributed by atoms with Gasteiger partial charge < -0.3 is 0 Å². The van der Waals surface area contributed by atoms with Crippen molar-refractivity contribution in [2.45, 2.75) is 26.2 Å². The van der Waals surface area contributed by atoms with Crippen molar-refractivity contribution in [3.05, 3.63) is 52.7 Å². The molecule has 1 aromatic heterocycles. The molecule has 2 heterocycles. The zero-order chi connectivity index (χ0) is 16.2. The summed E-state index contributed by atoms with van der Waals surface area (Å²) >= 11 is 6.06. The molecule has 1 aliphatic rings. The molecule has 1 saturated heterocycles. The fraction of sp³-hybridized carbons (Fsp3) is 0.333. The summed E-state index contributed by atoms with van der Waals surface area (Å²) in [6, 6.07) is 11.2. The van der Waals surface area contributed by atoms with Crippen molar-refractivity contribution in [2.24, 2.45) is 0 Å². The second kappa shape index (κ2) is 7.11. The molecule has 1 N–H and O–H groups in total. The van der Waals surface area contributed by atoms with Crippen LogP contribution in [-0.2, 0) is 0 Å². The number of amides is 1. The normalized spacial score (nSPS) is 15.4. The summed E-state index contributed by atoms with van der Waals surface area (Å²) in [5.41, 5.74) is 6.10. The molecule has 1 fully saturated rings. The van der Waals surface area contributed by atoms with E-state index in [1.807, 2.05) is 42.3 Å². The molecular weight excluding hydrogens is 310 g/mol. The third-order valence-corrected chi connectivity index (χ3v) is 4.28. The quantitative estimate of drug-likeness (QED) is 0.930. The molecule has 0 bridgehead atoms. The van der Waals surface area contributed by atoms with Gasteiger partial charge in [0.2, 0.25) is 0 Å². The van der Waals surface area contributed by atoms with Gasteiger partial charge in [0.15, 0.2) is 0 Å². The maximum Gasteiger partial charge on any atom is 0.284 e. The highest BCUT2D eigenvalue weighted by Gasteiger charge is 2.16. The van der Waals surface area contributed by atoms with E-state index in [4.69, 9.17) is 11.6 Å². The number of piperidine rings is 1. The number of aryl methyl sites for hydroxylation is 1. The molecule has 0 saturated carbocycles. The fourth-order valence-electron chi connectivity index (χ4n) is 2.79. The Kier molecular flexibility index (Phi) is 4.94. The number of aromatic nitrogens is 1. The van der Waals surface area contributed by atoms with Crippen molar-refractivity contribution in [3.8, 4) is 11.3 Å². The number of carbonyl (C=O) groups is 1. The molecule has 1 amide bonds. The van der Waals surface area contributed by atoms with Crippen molar-refractivity contribution >= 4 is 17.5 Å². The molecule has 4 nitrogen and oxygen atoms in total. The van der Waals surface area contributed by atoms with Crippen LogP contribution in [0.4, 0.5) is 0 Å². The highest BCUT2D eigenvalue weighted by Crippen LogP contribution is 2.24. The second-order valence-electron chi connectivity index (χ2n) is 5.86. The molecule has 0 spiro atoms. The van der Waals surface area contributed by atoms with E-state index in [1.165, 1.54) is 6.42 Å². The molecule has 0 aliphatic carbocycles. The van der Waals surface area contributed by atoms with Gasteiger partial charge in [0, 0.05) is 23.7 Å². The van der Waals surface area contributed by atoms with E-state index in [9.17, 15) is 4.79 Å². The van der Waals surface area contributed by atoms with Gasteiger partial charge in [-0.05, 0) is 43.5 Å². The van der Waals surface area contributed by atoms with Crippen LogP contribution < -0.4 is 5.43 Å². The molecule has 2 aromatic rings. The minimum Gasteiger partial charge on any atom is -0.283 e. The molecular formula is C18H20ClN3O. The van der Waals surface area contributed by atoms with Gasteiger partial charge in [0.25, 0.3) is 5.91 Å². The molecule has 120 valence electrons. The zero-order valence-corrected chi connectivity index (χ0v) is 13.9. The summed E-state index contributed by atoms with van der Waals surface area (Å²) in [5, 5.41) is 2.64. The summed E-state index contributed by atoms with van der Waals surface area (Å²) in [4.78, 5) is 17.0. The second-order valence-corrected chi connectivity index (χ2v) is 6.30. The molecule has 5 heteroatoms. The molecule has 1 aromatic carbocycles. The van der Waals surface area contributed by atoms with Crippen molar-refractivity contribution in [2.75, 3.05) is 13.1 Å². The van der Waals surface area contributed by atoms with E-state index in [1.54, 1.807) is 6.07 Å². The van der Waals surface area contributed by atoms with Gasteiger partial charge in [0.05, 0.1) is 5.69 Å². The molecule has 3 rings (SSSR count). The van der Waals surface area contributed by atoms with E-state index in [-0.39, 0.29) is 5.91 Å². The number of hydrogen-bond donors (Lipinski definition) is 1. The van der Waals surface area contributed by atoms with Crippen LogP contribution >= 0.6 is 11.6 Å². The number of hydrogen-bond acceptors (Lipinski definition) is 3. The number of benzene rings is 1. The Hall–Kier alpha value is -1.91. The topological polar surface area (TPSA) is 45.2 Å². The van der Waals surface area contributed by atoms with Gasteiger partial charge in [-0.25, -0.2) is 9.99 Å². The molecule has 23 heavy (non-hydrogen) atoms. The first-order valence-corrected chi connectivity index (χ1v) is 8.31. The van der Waals surface area contributed by atoms with Crippen LogP contribution in [0.15, 0.2) is 36.4 Å². The molecule has 0 radical (unpaired) electrons. The van der Waals surface area contributed by atoms with Crippen LogP contribution in [0.5, 0.6) is 0 Å². The summed E-state index contributed by atoms with van der Waals surface area (Å²) in [6.45, 7) is 3.78. The highest BCUT2D eigenvalue weighted by molar-refractivity contribution is 6.30. The number of halogens is 1. The first kappa shape index (κ1) is 16.0. The maximum absolute atomic E-state index is 12.4. The SMILES string of the molecule is Cc1ccc(C(=O)NN2CCCCC2)nc1-c1cccc(Cl)c1. The van der Waals surface area contributed by atoms with Gasteiger partial charge in [0.1, 0.15) is 5.69 Å². The van der Waals surface area contributed by atoms with Crippen molar-refractivity contribution in [1.82, 2.24) is 15.4 Å². The van der Waals surface area contributed by atoms with E-state index in [2.05, 4.69) is 10.4 Å². The summed E-state index contributed by atoms with van der Waals surface area (Å²) in [7, 11) is 0. The number of rotatable bonds is 3. The Morgan fingerprint density at radius 3 is 2.70 bits per heavy atom. The van der Waals surface area contributed by atoms with Gasteiger partial charge in [-0.1, -0.05) is 36.2 Å². The molecule has 0 unspecified atom stereocenters. The van der Waals surface area contributed by atoms with Gasteiger partial charge in [-0.3, -0.25) is 10.2 Å². The maximum atomic E-state index is 12.4. The largest absolute Gasteiger partial charge is 0.284 e. The van der Waals surface area contributed by atoms with E-state index in [0.717, 1.165) is 42.8 Å². The fourth-order valence-corrected chi connectivity index (χ4v) is 2.98. The van der Waals surface area contributed by atoms with E-state index in [0.29, 0.717) is 10.7 Å². The lowest BCUT2D eigenvalue weighted by atomic mass is 10.1. The van der Waals surface area contributed by atoms with Crippen molar-refractivity contribution in [3.63, 3.8) is 0 Å². The van der Waals surface area contributed by atoms with Crippen molar-refractivity contribution < 1.29 is 4.79 Å². The smallest absolute Gasteiger partial charge is 0.283 e. The monoisotopic (exact) mass is 329 g/mol. The average molecular weight is 330 g/mol. The van der Waals surface area contributed by atoms with Gasteiger partial charge in [-0.2, -0.15) is 0 Å². The number of nitrogens with zero attached hydrogens (tertiary/aromatic N) is 2. The average Bonchev–Trinajstić information content (AvgIpc) is 2.56. The summed E-state index contributed by atoms with van der Waals surface area (Å²) in [6.07, 6.45) is 3.47. The number of nitrogens with one attached hydrogen (secondary N) is 1. The van der Waals surface area contributed by atoms with E-state index >= 15 is 0 Å². The number of pyridine rings is 1. The minimum atomic E-state index is -0.157. The Bertz CT molecular complexity index is 711. The predicted octanol–water partition coefficient (Wildman–Crippen LogP) is 3.84. The lowest BCUT2D eigenvalue weighted by Gasteiger charge is -2.26.